The first kappa shape index (κ1) is 12.9. The highest BCUT2D eigenvalue weighted by molar-refractivity contribution is 5.98. The van der Waals surface area contributed by atoms with Gasteiger partial charge >= 0.3 is 0 Å². The van der Waals surface area contributed by atoms with Gasteiger partial charge in [-0.05, 0) is 12.5 Å². The molecule has 1 aliphatic rings. The molecule has 98 valence electrons. The highest BCUT2D eigenvalue weighted by Crippen LogP contribution is 2.15. The topological polar surface area (TPSA) is 71.1 Å². The molecule has 0 bridgehead atoms. The summed E-state index contributed by atoms with van der Waals surface area (Å²) in [6.07, 6.45) is 0. The number of nitrogens with two attached hydrogens (primary N) is 1. The smallest absolute Gasteiger partial charge is 0.170 e. The van der Waals surface area contributed by atoms with Crippen LogP contribution in [0.25, 0.3) is 0 Å². The Morgan fingerprint density at radius 3 is 3.06 bits per heavy atom. The molecule has 3 N–H and O–H groups in total. The Balaban J connectivity index is 2.18. The molecule has 1 aromatic rings. The summed E-state index contributed by atoms with van der Waals surface area (Å²) in [5, 5.41) is 11.9. The van der Waals surface area contributed by atoms with Crippen molar-refractivity contribution in [3.05, 3.63) is 35.4 Å². The predicted molar refractivity (Wildman–Crippen MR) is 69.6 cm³/mol. The molecule has 1 atom stereocenters. The van der Waals surface area contributed by atoms with Gasteiger partial charge in [0, 0.05) is 24.7 Å². The summed E-state index contributed by atoms with van der Waals surface area (Å²) in [5.41, 5.74) is 7.55. The van der Waals surface area contributed by atoms with E-state index in [-0.39, 0.29) is 5.84 Å². The number of ether oxygens (including phenoxy) is 1. The van der Waals surface area contributed by atoms with Crippen LogP contribution >= 0.6 is 0 Å². The molecule has 1 saturated heterocycles. The Morgan fingerprint density at radius 1 is 1.56 bits per heavy atom. The van der Waals surface area contributed by atoms with Crippen molar-refractivity contribution in [1.82, 2.24) is 4.90 Å². The first-order valence-electron chi connectivity index (χ1n) is 6.10. The molecule has 0 amide bonds. The normalized spacial score (nSPS) is 22.1. The van der Waals surface area contributed by atoms with Gasteiger partial charge in [0.25, 0.3) is 0 Å². The van der Waals surface area contributed by atoms with Crippen LogP contribution < -0.4 is 5.73 Å². The number of nitrogens with zero attached hydrogens (tertiary/aromatic N) is 2. The first-order valence-corrected chi connectivity index (χ1v) is 6.10. The van der Waals surface area contributed by atoms with E-state index in [0.717, 1.165) is 37.4 Å². The monoisotopic (exact) mass is 249 g/mol. The van der Waals surface area contributed by atoms with E-state index in [9.17, 15) is 0 Å². The quantitative estimate of drug-likeness (QED) is 0.363. The van der Waals surface area contributed by atoms with Crippen molar-refractivity contribution in [3.63, 3.8) is 0 Å². The molecule has 18 heavy (non-hydrogen) atoms. The third-order valence-corrected chi connectivity index (χ3v) is 3.28. The summed E-state index contributed by atoms with van der Waals surface area (Å²) in [7, 11) is 0. The fourth-order valence-corrected chi connectivity index (χ4v) is 2.18. The van der Waals surface area contributed by atoms with Crippen LogP contribution in [0.15, 0.2) is 29.4 Å². The molecule has 0 spiro atoms. The van der Waals surface area contributed by atoms with Gasteiger partial charge in [0.15, 0.2) is 5.84 Å². The second-order valence-corrected chi connectivity index (χ2v) is 4.54. The molecule has 5 nitrogen and oxygen atoms in total. The number of oxime groups is 1. The number of hydrogen-bond acceptors (Lipinski definition) is 4. The summed E-state index contributed by atoms with van der Waals surface area (Å²) >= 11 is 0. The number of morpholine rings is 1. The van der Waals surface area contributed by atoms with Crippen LogP contribution in [0.4, 0.5) is 0 Å². The molecule has 5 heteroatoms. The zero-order valence-electron chi connectivity index (χ0n) is 10.5. The van der Waals surface area contributed by atoms with E-state index in [2.05, 4.69) is 17.0 Å². The highest BCUT2D eigenvalue weighted by atomic mass is 16.5. The SMILES string of the molecule is CC1COCCN1Cc1ccccc1/C(N)=N/O. The summed E-state index contributed by atoms with van der Waals surface area (Å²) in [6, 6.07) is 8.12. The minimum Gasteiger partial charge on any atom is -0.409 e. The second kappa shape index (κ2) is 5.84. The fraction of sp³-hybridized carbons (Fsp3) is 0.462. The first-order chi connectivity index (χ1) is 8.72. The van der Waals surface area contributed by atoms with Crippen molar-refractivity contribution >= 4 is 5.84 Å². The van der Waals surface area contributed by atoms with Gasteiger partial charge in [-0.3, -0.25) is 4.90 Å². The van der Waals surface area contributed by atoms with Gasteiger partial charge in [-0.25, -0.2) is 0 Å². The molecule has 0 saturated carbocycles. The molecule has 0 aromatic heterocycles. The van der Waals surface area contributed by atoms with Crippen LogP contribution in [0, 0.1) is 0 Å². The molecule has 0 radical (unpaired) electrons. The van der Waals surface area contributed by atoms with Gasteiger partial charge in [0.1, 0.15) is 0 Å². The van der Waals surface area contributed by atoms with Crippen molar-refractivity contribution in [2.45, 2.75) is 19.5 Å². The van der Waals surface area contributed by atoms with E-state index >= 15 is 0 Å². The molecule has 1 unspecified atom stereocenters. The minimum atomic E-state index is 0.159. The summed E-state index contributed by atoms with van der Waals surface area (Å²) in [5.74, 6) is 0.159. The highest BCUT2D eigenvalue weighted by Gasteiger charge is 2.20. The van der Waals surface area contributed by atoms with Crippen LogP contribution in [-0.2, 0) is 11.3 Å². The van der Waals surface area contributed by atoms with Gasteiger partial charge in [0.2, 0.25) is 0 Å². The van der Waals surface area contributed by atoms with Crippen LogP contribution in [-0.4, -0.2) is 41.7 Å². The fourth-order valence-electron chi connectivity index (χ4n) is 2.18. The summed E-state index contributed by atoms with van der Waals surface area (Å²) < 4.78 is 5.42. The van der Waals surface area contributed by atoms with Crippen molar-refractivity contribution in [3.8, 4) is 0 Å². The summed E-state index contributed by atoms with van der Waals surface area (Å²) in [4.78, 5) is 2.34. The Bertz CT molecular complexity index is 434. The Morgan fingerprint density at radius 2 is 2.33 bits per heavy atom. The third-order valence-electron chi connectivity index (χ3n) is 3.28. The summed E-state index contributed by atoms with van der Waals surface area (Å²) in [6.45, 7) is 5.36. The zero-order valence-corrected chi connectivity index (χ0v) is 10.5. The molecule has 1 aliphatic heterocycles. The third kappa shape index (κ3) is 2.80. The average molecular weight is 249 g/mol. The van der Waals surface area contributed by atoms with Crippen molar-refractivity contribution in [2.24, 2.45) is 10.9 Å². The molecule has 0 aliphatic carbocycles. The maximum Gasteiger partial charge on any atom is 0.170 e. The Labute approximate surface area is 107 Å². The van der Waals surface area contributed by atoms with Crippen molar-refractivity contribution in [2.75, 3.05) is 19.8 Å². The number of hydrogen-bond donors (Lipinski definition) is 2. The lowest BCUT2D eigenvalue weighted by Gasteiger charge is -2.33. The van der Waals surface area contributed by atoms with Crippen LogP contribution in [0.2, 0.25) is 0 Å². The van der Waals surface area contributed by atoms with E-state index in [0.29, 0.717) is 6.04 Å². The van der Waals surface area contributed by atoms with Gasteiger partial charge in [-0.2, -0.15) is 0 Å². The predicted octanol–water partition coefficient (Wildman–Crippen LogP) is 1.00. The van der Waals surface area contributed by atoms with E-state index in [4.69, 9.17) is 15.7 Å². The van der Waals surface area contributed by atoms with Gasteiger partial charge < -0.3 is 15.7 Å². The standard InChI is InChI=1S/C13H19N3O2/c1-10-9-18-7-6-16(10)8-11-4-2-3-5-12(11)13(14)15-17/h2-5,10,17H,6-9H2,1H3,(H2,14,15). The molecule has 1 heterocycles. The minimum absolute atomic E-state index is 0.159. The maximum atomic E-state index is 8.80. The van der Waals surface area contributed by atoms with Crippen molar-refractivity contribution in [1.29, 1.82) is 0 Å². The number of amidine groups is 1. The zero-order chi connectivity index (χ0) is 13.0. The maximum absolute atomic E-state index is 8.80. The largest absolute Gasteiger partial charge is 0.409 e. The lowest BCUT2D eigenvalue weighted by Crippen LogP contribution is -2.43. The molecular weight excluding hydrogens is 230 g/mol. The average Bonchev–Trinajstić information content (AvgIpc) is 2.41. The van der Waals surface area contributed by atoms with E-state index < -0.39 is 0 Å². The van der Waals surface area contributed by atoms with Gasteiger partial charge in [-0.15, -0.1) is 0 Å². The van der Waals surface area contributed by atoms with E-state index in [1.165, 1.54) is 0 Å². The molecule has 1 fully saturated rings. The Hall–Kier alpha value is -1.59. The van der Waals surface area contributed by atoms with Crippen molar-refractivity contribution < 1.29 is 9.94 Å². The lowest BCUT2D eigenvalue weighted by atomic mass is 10.1. The molecule has 1 aromatic carbocycles. The number of benzene rings is 1. The van der Waals surface area contributed by atoms with Crippen LogP contribution in [0.5, 0.6) is 0 Å². The number of rotatable bonds is 3. The van der Waals surface area contributed by atoms with E-state index in [1.807, 2.05) is 24.3 Å². The van der Waals surface area contributed by atoms with E-state index in [1.54, 1.807) is 0 Å². The van der Waals surface area contributed by atoms with Gasteiger partial charge in [0.05, 0.1) is 13.2 Å². The molecule has 2 rings (SSSR count). The van der Waals surface area contributed by atoms with Gasteiger partial charge in [-0.1, -0.05) is 29.4 Å². The lowest BCUT2D eigenvalue weighted by molar-refractivity contribution is -0.00439. The van der Waals surface area contributed by atoms with Crippen LogP contribution in [0.1, 0.15) is 18.1 Å². The Kier molecular flexibility index (Phi) is 4.17. The van der Waals surface area contributed by atoms with Crippen LogP contribution in [0.3, 0.4) is 0 Å². The molecular formula is C13H19N3O2. The second-order valence-electron chi connectivity index (χ2n) is 4.54.